The summed E-state index contributed by atoms with van der Waals surface area (Å²) >= 11 is 0. The van der Waals surface area contributed by atoms with E-state index in [4.69, 9.17) is 0 Å². The molecule has 1 aliphatic heterocycles. The fourth-order valence-corrected chi connectivity index (χ4v) is 2.68. The number of aliphatic hydroxyl groups excluding tert-OH is 1. The summed E-state index contributed by atoms with van der Waals surface area (Å²) in [6.07, 6.45) is 4.45. The first-order valence-electron chi connectivity index (χ1n) is 7.39. The second kappa shape index (κ2) is 6.81. The predicted molar refractivity (Wildman–Crippen MR) is 82.0 cm³/mol. The van der Waals surface area contributed by atoms with Crippen LogP contribution in [0, 0.1) is 5.82 Å². The Morgan fingerprint density at radius 1 is 1.18 bits per heavy atom. The summed E-state index contributed by atoms with van der Waals surface area (Å²) in [7, 11) is 0. The minimum atomic E-state index is -0.668. The number of β-amino-alcohol motifs (C(OH)–C–C–N with tert-alkyl or cyclic N) is 1. The van der Waals surface area contributed by atoms with E-state index in [0.29, 0.717) is 12.1 Å². The van der Waals surface area contributed by atoms with Crippen LogP contribution in [-0.2, 0) is 0 Å². The summed E-state index contributed by atoms with van der Waals surface area (Å²) in [5.74, 6) is 0.567. The summed E-state index contributed by atoms with van der Waals surface area (Å²) < 4.78 is 13.2. The van der Waals surface area contributed by atoms with E-state index >= 15 is 0 Å². The average Bonchev–Trinajstić information content (AvgIpc) is 2.56. The first-order valence-corrected chi connectivity index (χ1v) is 7.39. The maximum Gasteiger partial charge on any atom is 0.147 e. The van der Waals surface area contributed by atoms with Gasteiger partial charge in [-0.3, -0.25) is 9.88 Å². The zero-order chi connectivity index (χ0) is 15.4. The van der Waals surface area contributed by atoms with Crippen LogP contribution in [0.4, 0.5) is 10.2 Å². The summed E-state index contributed by atoms with van der Waals surface area (Å²) in [6, 6.07) is 6.15. The van der Waals surface area contributed by atoms with E-state index in [2.05, 4.69) is 19.8 Å². The first-order chi connectivity index (χ1) is 10.7. The molecule has 0 spiro atoms. The number of piperazine rings is 1. The smallest absolute Gasteiger partial charge is 0.147 e. The quantitative estimate of drug-likeness (QED) is 0.927. The van der Waals surface area contributed by atoms with Crippen LogP contribution < -0.4 is 4.90 Å². The highest BCUT2D eigenvalue weighted by molar-refractivity contribution is 5.35. The van der Waals surface area contributed by atoms with Gasteiger partial charge in [-0.15, -0.1) is 0 Å². The van der Waals surface area contributed by atoms with Crippen LogP contribution in [0.3, 0.4) is 0 Å². The lowest BCUT2D eigenvalue weighted by Gasteiger charge is -2.36. The van der Waals surface area contributed by atoms with Crippen molar-refractivity contribution in [3.63, 3.8) is 0 Å². The molecule has 116 valence electrons. The Balaban J connectivity index is 1.54. The van der Waals surface area contributed by atoms with Crippen LogP contribution in [0.15, 0.2) is 42.9 Å². The highest BCUT2D eigenvalue weighted by atomic mass is 19.1. The van der Waals surface area contributed by atoms with Gasteiger partial charge in [0, 0.05) is 45.1 Å². The number of anilines is 1. The number of aromatic nitrogens is 2. The van der Waals surface area contributed by atoms with Gasteiger partial charge in [-0.1, -0.05) is 12.1 Å². The van der Waals surface area contributed by atoms with Crippen molar-refractivity contribution in [2.45, 2.75) is 6.10 Å². The van der Waals surface area contributed by atoms with Crippen molar-refractivity contribution in [3.05, 3.63) is 54.2 Å². The number of hydrogen-bond acceptors (Lipinski definition) is 5. The molecular weight excluding hydrogens is 283 g/mol. The fraction of sp³-hybridized carbons (Fsp3) is 0.375. The normalized spacial score (nSPS) is 17.5. The summed E-state index contributed by atoms with van der Waals surface area (Å²) in [5, 5.41) is 10.2. The third-order valence-electron chi connectivity index (χ3n) is 3.91. The van der Waals surface area contributed by atoms with Crippen molar-refractivity contribution in [2.24, 2.45) is 0 Å². The number of halogens is 1. The molecule has 0 radical (unpaired) electrons. The third kappa shape index (κ3) is 3.58. The number of rotatable bonds is 4. The van der Waals surface area contributed by atoms with Crippen molar-refractivity contribution in [2.75, 3.05) is 37.6 Å². The summed E-state index contributed by atoms with van der Waals surface area (Å²) in [5.41, 5.74) is 0.622. The molecule has 1 N–H and O–H groups in total. The van der Waals surface area contributed by atoms with Crippen LogP contribution in [-0.4, -0.2) is 52.7 Å². The lowest BCUT2D eigenvalue weighted by molar-refractivity contribution is 0.109. The van der Waals surface area contributed by atoms with E-state index in [1.54, 1.807) is 30.7 Å². The van der Waals surface area contributed by atoms with Crippen molar-refractivity contribution < 1.29 is 9.50 Å². The SMILES string of the molecule is O[C@@H](CN1CCN(c2cnccn2)CC1)c1cccc(F)c1. The highest BCUT2D eigenvalue weighted by Gasteiger charge is 2.20. The Morgan fingerprint density at radius 2 is 2.00 bits per heavy atom. The molecule has 2 heterocycles. The van der Waals surface area contributed by atoms with Gasteiger partial charge in [0.2, 0.25) is 0 Å². The molecule has 5 nitrogen and oxygen atoms in total. The minimum Gasteiger partial charge on any atom is -0.387 e. The maximum absolute atomic E-state index is 13.2. The van der Waals surface area contributed by atoms with Crippen LogP contribution in [0.25, 0.3) is 0 Å². The Morgan fingerprint density at radius 3 is 2.68 bits per heavy atom. The Hall–Kier alpha value is -2.05. The Kier molecular flexibility index (Phi) is 4.60. The van der Waals surface area contributed by atoms with E-state index in [9.17, 15) is 9.50 Å². The number of nitrogens with zero attached hydrogens (tertiary/aromatic N) is 4. The van der Waals surface area contributed by atoms with Gasteiger partial charge >= 0.3 is 0 Å². The van der Waals surface area contributed by atoms with Crippen molar-refractivity contribution in [1.29, 1.82) is 0 Å². The molecule has 1 fully saturated rings. The van der Waals surface area contributed by atoms with Crippen molar-refractivity contribution in [3.8, 4) is 0 Å². The van der Waals surface area contributed by atoms with Gasteiger partial charge in [-0.05, 0) is 17.7 Å². The molecule has 1 saturated heterocycles. The van der Waals surface area contributed by atoms with Crippen LogP contribution in [0.1, 0.15) is 11.7 Å². The topological polar surface area (TPSA) is 52.5 Å². The average molecular weight is 302 g/mol. The van der Waals surface area contributed by atoms with E-state index < -0.39 is 6.10 Å². The van der Waals surface area contributed by atoms with E-state index in [1.165, 1.54) is 12.1 Å². The molecule has 6 heteroatoms. The number of aliphatic hydroxyl groups is 1. The van der Waals surface area contributed by atoms with Crippen molar-refractivity contribution in [1.82, 2.24) is 14.9 Å². The van der Waals surface area contributed by atoms with Gasteiger partial charge in [0.25, 0.3) is 0 Å². The second-order valence-corrected chi connectivity index (χ2v) is 5.42. The number of benzene rings is 1. The Bertz CT molecular complexity index is 602. The maximum atomic E-state index is 13.2. The molecule has 0 aliphatic carbocycles. The Labute approximate surface area is 129 Å². The molecule has 0 saturated carbocycles. The number of hydrogen-bond donors (Lipinski definition) is 1. The van der Waals surface area contributed by atoms with Gasteiger partial charge in [-0.2, -0.15) is 0 Å². The van der Waals surface area contributed by atoms with E-state index in [-0.39, 0.29) is 5.82 Å². The highest BCUT2D eigenvalue weighted by Crippen LogP contribution is 2.17. The molecular formula is C16H19FN4O. The van der Waals surface area contributed by atoms with E-state index in [0.717, 1.165) is 32.0 Å². The monoisotopic (exact) mass is 302 g/mol. The molecule has 1 atom stereocenters. The zero-order valence-corrected chi connectivity index (χ0v) is 12.3. The molecule has 3 rings (SSSR count). The van der Waals surface area contributed by atoms with Crippen LogP contribution >= 0.6 is 0 Å². The molecule has 0 bridgehead atoms. The van der Waals surface area contributed by atoms with Crippen LogP contribution in [0.5, 0.6) is 0 Å². The third-order valence-corrected chi connectivity index (χ3v) is 3.91. The van der Waals surface area contributed by atoms with Gasteiger partial charge in [0.1, 0.15) is 11.6 Å². The lowest BCUT2D eigenvalue weighted by Crippen LogP contribution is -2.47. The molecule has 1 aromatic heterocycles. The van der Waals surface area contributed by atoms with Gasteiger partial charge in [0.15, 0.2) is 0 Å². The van der Waals surface area contributed by atoms with Crippen molar-refractivity contribution >= 4 is 5.82 Å². The first kappa shape index (κ1) is 14.9. The second-order valence-electron chi connectivity index (χ2n) is 5.42. The van der Waals surface area contributed by atoms with E-state index in [1.807, 2.05) is 0 Å². The van der Waals surface area contributed by atoms with Crippen LogP contribution in [0.2, 0.25) is 0 Å². The fourth-order valence-electron chi connectivity index (χ4n) is 2.68. The molecule has 0 unspecified atom stereocenters. The predicted octanol–water partition coefficient (Wildman–Crippen LogP) is 1.47. The summed E-state index contributed by atoms with van der Waals surface area (Å²) in [6.45, 7) is 3.87. The summed E-state index contributed by atoms with van der Waals surface area (Å²) in [4.78, 5) is 12.7. The van der Waals surface area contributed by atoms with Gasteiger partial charge in [0.05, 0.1) is 12.3 Å². The molecule has 0 amide bonds. The molecule has 1 aliphatic rings. The largest absolute Gasteiger partial charge is 0.387 e. The van der Waals surface area contributed by atoms with Gasteiger partial charge in [-0.25, -0.2) is 9.37 Å². The molecule has 1 aromatic carbocycles. The zero-order valence-electron chi connectivity index (χ0n) is 12.3. The standard InChI is InChI=1S/C16H19FN4O/c17-14-3-1-2-13(10-14)15(22)12-20-6-8-21(9-7-20)16-11-18-4-5-19-16/h1-5,10-11,15,22H,6-9,12H2/t15-/m0/s1. The van der Waals surface area contributed by atoms with Gasteiger partial charge < -0.3 is 10.0 Å². The lowest BCUT2D eigenvalue weighted by atomic mass is 10.1. The minimum absolute atomic E-state index is 0.316. The molecule has 22 heavy (non-hydrogen) atoms. The molecule has 2 aromatic rings.